The Morgan fingerprint density at radius 3 is 2.62 bits per heavy atom. The van der Waals surface area contributed by atoms with Crippen LogP contribution >= 0.6 is 35.0 Å². The van der Waals surface area contributed by atoms with Gasteiger partial charge in [-0.15, -0.1) is 11.8 Å². The van der Waals surface area contributed by atoms with Gasteiger partial charge in [0.05, 0.1) is 18.6 Å². The fraction of sp³-hybridized carbons (Fsp3) is 0.533. The predicted molar refractivity (Wildman–Crippen MR) is 91.7 cm³/mol. The van der Waals surface area contributed by atoms with Gasteiger partial charge in [0.1, 0.15) is 0 Å². The number of halogens is 2. The maximum absolute atomic E-state index is 11.8. The van der Waals surface area contributed by atoms with Crippen molar-refractivity contribution < 1.29 is 9.69 Å². The minimum atomic E-state index is -0.180. The van der Waals surface area contributed by atoms with Crippen molar-refractivity contribution in [2.45, 2.75) is 31.2 Å². The van der Waals surface area contributed by atoms with Gasteiger partial charge in [0.15, 0.2) is 6.54 Å². The fourth-order valence-corrected chi connectivity index (χ4v) is 3.35. The number of amides is 1. The average Bonchev–Trinajstić information content (AvgIpc) is 2.31. The molecule has 1 atom stereocenters. The molecule has 0 aliphatic rings. The first-order chi connectivity index (χ1) is 9.67. The van der Waals surface area contributed by atoms with Gasteiger partial charge in [-0.05, 0) is 39.0 Å². The monoisotopic (exact) mass is 349 g/mol. The van der Waals surface area contributed by atoms with Gasteiger partial charge in [0.25, 0.3) is 5.91 Å². The van der Waals surface area contributed by atoms with E-state index in [9.17, 15) is 4.79 Å². The van der Waals surface area contributed by atoms with Crippen LogP contribution in [0.4, 0.5) is 0 Å². The smallest absolute Gasteiger partial charge is 0.275 e. The summed E-state index contributed by atoms with van der Waals surface area (Å²) < 4.78 is 0. The standard InChI is InChI=1S/C15H22Cl2N2OS/c1-15(2,3)18-14(20)10-19(4)7-8-21-13-9-11(16)5-6-12(13)17/h5-6,9H,7-8,10H2,1-4H3,(H,18,20)/p+1. The molecule has 118 valence electrons. The average molecular weight is 350 g/mol. The Morgan fingerprint density at radius 2 is 2.00 bits per heavy atom. The van der Waals surface area contributed by atoms with Gasteiger partial charge in [-0.1, -0.05) is 23.2 Å². The topological polar surface area (TPSA) is 33.5 Å². The highest BCUT2D eigenvalue weighted by molar-refractivity contribution is 7.99. The predicted octanol–water partition coefficient (Wildman–Crippen LogP) is 2.51. The van der Waals surface area contributed by atoms with E-state index in [-0.39, 0.29) is 11.4 Å². The summed E-state index contributed by atoms with van der Waals surface area (Å²) in [5, 5.41) is 4.37. The third-order valence-corrected chi connectivity index (χ3v) is 4.39. The normalized spacial score (nSPS) is 13.0. The Bertz CT molecular complexity index is 489. The number of thioether (sulfide) groups is 1. The maximum atomic E-state index is 11.8. The fourth-order valence-electron chi connectivity index (χ4n) is 1.75. The second kappa shape index (κ2) is 8.28. The Balaban J connectivity index is 2.35. The minimum Gasteiger partial charge on any atom is -0.347 e. The second-order valence-electron chi connectivity index (χ2n) is 6.11. The van der Waals surface area contributed by atoms with Gasteiger partial charge in [0, 0.05) is 21.2 Å². The molecular weight excluding hydrogens is 327 g/mol. The molecule has 1 amide bonds. The van der Waals surface area contributed by atoms with E-state index in [4.69, 9.17) is 23.2 Å². The SMILES string of the molecule is C[NH+](CCSc1cc(Cl)ccc1Cl)CC(=O)NC(C)(C)C. The number of rotatable bonds is 6. The molecule has 21 heavy (non-hydrogen) atoms. The largest absolute Gasteiger partial charge is 0.347 e. The molecule has 1 unspecified atom stereocenters. The van der Waals surface area contributed by atoms with Crippen LogP contribution < -0.4 is 10.2 Å². The van der Waals surface area contributed by atoms with E-state index < -0.39 is 0 Å². The van der Waals surface area contributed by atoms with E-state index >= 15 is 0 Å². The number of likely N-dealkylation sites (N-methyl/N-ethyl adjacent to an activating group) is 1. The van der Waals surface area contributed by atoms with Gasteiger partial charge in [-0.25, -0.2) is 0 Å². The lowest BCUT2D eigenvalue weighted by Gasteiger charge is -2.21. The molecule has 2 N–H and O–H groups in total. The lowest BCUT2D eigenvalue weighted by molar-refractivity contribution is -0.868. The van der Waals surface area contributed by atoms with E-state index in [0.717, 1.165) is 17.2 Å². The maximum Gasteiger partial charge on any atom is 0.275 e. The van der Waals surface area contributed by atoms with Crippen molar-refractivity contribution in [3.05, 3.63) is 28.2 Å². The van der Waals surface area contributed by atoms with Gasteiger partial charge in [-0.2, -0.15) is 0 Å². The molecule has 0 aromatic heterocycles. The van der Waals surface area contributed by atoms with Crippen LogP contribution in [0.1, 0.15) is 20.8 Å². The Labute approximate surface area is 141 Å². The van der Waals surface area contributed by atoms with Crippen molar-refractivity contribution in [3.8, 4) is 0 Å². The summed E-state index contributed by atoms with van der Waals surface area (Å²) in [4.78, 5) is 14.0. The van der Waals surface area contributed by atoms with Crippen LogP contribution in [0.3, 0.4) is 0 Å². The van der Waals surface area contributed by atoms with Crippen molar-refractivity contribution in [2.24, 2.45) is 0 Å². The summed E-state index contributed by atoms with van der Waals surface area (Å²) in [6.45, 7) is 7.30. The summed E-state index contributed by atoms with van der Waals surface area (Å²) in [5.74, 6) is 0.958. The summed E-state index contributed by atoms with van der Waals surface area (Å²) in [5.41, 5.74) is -0.180. The molecule has 0 fully saturated rings. The minimum absolute atomic E-state index is 0.0748. The van der Waals surface area contributed by atoms with Gasteiger partial charge < -0.3 is 10.2 Å². The lowest BCUT2D eigenvalue weighted by atomic mass is 10.1. The lowest BCUT2D eigenvalue weighted by Crippen LogP contribution is -3.10. The van der Waals surface area contributed by atoms with Crippen molar-refractivity contribution in [1.82, 2.24) is 5.32 Å². The zero-order valence-corrected chi connectivity index (χ0v) is 15.3. The van der Waals surface area contributed by atoms with Crippen molar-refractivity contribution in [3.63, 3.8) is 0 Å². The molecule has 0 saturated heterocycles. The molecule has 0 spiro atoms. The number of quaternary nitrogens is 1. The molecule has 0 saturated carbocycles. The zero-order valence-electron chi connectivity index (χ0n) is 12.9. The molecule has 0 heterocycles. The van der Waals surface area contributed by atoms with Crippen molar-refractivity contribution >= 4 is 40.9 Å². The third-order valence-electron chi connectivity index (χ3n) is 2.66. The van der Waals surface area contributed by atoms with Crippen LogP contribution in [0, 0.1) is 0 Å². The van der Waals surface area contributed by atoms with E-state index in [1.54, 1.807) is 23.9 Å². The molecule has 1 aromatic rings. The Kier molecular flexibility index (Phi) is 7.34. The highest BCUT2D eigenvalue weighted by Gasteiger charge is 2.17. The van der Waals surface area contributed by atoms with Crippen LogP contribution in [-0.2, 0) is 4.79 Å². The van der Waals surface area contributed by atoms with E-state index in [1.807, 2.05) is 33.9 Å². The van der Waals surface area contributed by atoms with E-state index in [1.165, 1.54) is 4.90 Å². The Hall–Kier alpha value is -0.420. The highest BCUT2D eigenvalue weighted by atomic mass is 35.5. The number of nitrogens with one attached hydrogen (secondary N) is 2. The first-order valence-corrected chi connectivity index (χ1v) is 8.62. The molecule has 1 rings (SSSR count). The highest BCUT2D eigenvalue weighted by Crippen LogP contribution is 2.29. The molecule has 0 radical (unpaired) electrons. The summed E-state index contributed by atoms with van der Waals surface area (Å²) >= 11 is 13.7. The van der Waals surface area contributed by atoms with Crippen LogP contribution in [0.5, 0.6) is 0 Å². The number of hydrogen-bond donors (Lipinski definition) is 2. The Morgan fingerprint density at radius 1 is 1.33 bits per heavy atom. The third kappa shape index (κ3) is 7.96. The summed E-state index contributed by atoms with van der Waals surface area (Å²) in [6.07, 6.45) is 0. The van der Waals surface area contributed by atoms with E-state index in [0.29, 0.717) is 16.6 Å². The second-order valence-corrected chi connectivity index (χ2v) is 8.09. The summed E-state index contributed by atoms with van der Waals surface area (Å²) in [7, 11) is 2.02. The first-order valence-electron chi connectivity index (χ1n) is 6.87. The molecule has 3 nitrogen and oxygen atoms in total. The van der Waals surface area contributed by atoms with Crippen molar-refractivity contribution in [2.75, 3.05) is 25.9 Å². The number of carbonyl (C=O) groups is 1. The van der Waals surface area contributed by atoms with Crippen LogP contribution in [0.2, 0.25) is 10.0 Å². The van der Waals surface area contributed by atoms with E-state index in [2.05, 4.69) is 5.32 Å². The van der Waals surface area contributed by atoms with Gasteiger partial charge in [0.2, 0.25) is 0 Å². The van der Waals surface area contributed by atoms with Gasteiger partial charge >= 0.3 is 0 Å². The summed E-state index contributed by atoms with van der Waals surface area (Å²) in [6, 6.07) is 5.46. The van der Waals surface area contributed by atoms with Crippen molar-refractivity contribution in [1.29, 1.82) is 0 Å². The molecule has 0 bridgehead atoms. The molecule has 6 heteroatoms. The quantitative estimate of drug-likeness (QED) is 0.773. The number of hydrogen-bond acceptors (Lipinski definition) is 2. The van der Waals surface area contributed by atoms with Crippen LogP contribution in [0.25, 0.3) is 0 Å². The van der Waals surface area contributed by atoms with Crippen LogP contribution in [-0.4, -0.2) is 37.3 Å². The molecular formula is C15H23Cl2N2OS+. The first kappa shape index (κ1) is 18.6. The molecule has 1 aromatic carbocycles. The van der Waals surface area contributed by atoms with Gasteiger partial charge in [-0.3, -0.25) is 4.79 Å². The zero-order chi connectivity index (χ0) is 16.0. The van der Waals surface area contributed by atoms with Crippen LogP contribution in [0.15, 0.2) is 23.1 Å². The number of carbonyl (C=O) groups excluding carboxylic acids is 1. The molecule has 0 aliphatic heterocycles. The molecule has 0 aliphatic carbocycles. The number of benzene rings is 1.